The lowest BCUT2D eigenvalue weighted by Crippen LogP contribution is -2.62. The first-order chi connectivity index (χ1) is 12.9. The molecule has 27 heavy (non-hydrogen) atoms. The Bertz CT molecular complexity index is 854. The molecule has 1 saturated carbocycles. The van der Waals surface area contributed by atoms with E-state index in [4.69, 9.17) is 9.15 Å². The van der Waals surface area contributed by atoms with E-state index in [9.17, 15) is 14.0 Å². The van der Waals surface area contributed by atoms with Crippen molar-refractivity contribution in [3.63, 3.8) is 0 Å². The topological polar surface area (TPSA) is 84.7 Å². The summed E-state index contributed by atoms with van der Waals surface area (Å²) in [5.74, 6) is 0.336. The van der Waals surface area contributed by atoms with Crippen LogP contribution in [-0.2, 0) is 16.1 Å². The van der Waals surface area contributed by atoms with Gasteiger partial charge in [-0.1, -0.05) is 6.07 Å². The fourth-order valence-electron chi connectivity index (χ4n) is 3.99. The summed E-state index contributed by atoms with van der Waals surface area (Å²) in [6, 6.07) is 4.68. The number of aromatic nitrogens is 1. The van der Waals surface area contributed by atoms with E-state index in [1.807, 2.05) is 4.90 Å². The van der Waals surface area contributed by atoms with Gasteiger partial charge in [0.05, 0.1) is 6.20 Å². The number of hydrogen-bond donors (Lipinski definition) is 1. The molecule has 1 aliphatic heterocycles. The van der Waals surface area contributed by atoms with Crippen molar-refractivity contribution < 1.29 is 23.1 Å². The molecule has 142 valence electrons. The summed E-state index contributed by atoms with van der Waals surface area (Å²) in [4.78, 5) is 28.6. The van der Waals surface area contributed by atoms with Gasteiger partial charge < -0.3 is 14.1 Å². The van der Waals surface area contributed by atoms with E-state index < -0.39 is 6.09 Å². The molecule has 2 amide bonds. The van der Waals surface area contributed by atoms with Crippen molar-refractivity contribution in [2.45, 2.75) is 32.3 Å². The molecule has 8 heteroatoms. The van der Waals surface area contributed by atoms with Crippen LogP contribution in [0.2, 0.25) is 0 Å². The summed E-state index contributed by atoms with van der Waals surface area (Å²) in [5, 5.41) is 2.50. The van der Waals surface area contributed by atoms with Gasteiger partial charge in [-0.3, -0.25) is 10.1 Å². The molecule has 1 saturated heterocycles. The highest BCUT2D eigenvalue weighted by atomic mass is 19.1. The Morgan fingerprint density at radius 1 is 1.41 bits per heavy atom. The minimum absolute atomic E-state index is 0.0478. The maximum atomic E-state index is 14.5. The van der Waals surface area contributed by atoms with Gasteiger partial charge in [-0.15, -0.1) is 0 Å². The number of anilines is 1. The van der Waals surface area contributed by atoms with Crippen LogP contribution in [0.1, 0.15) is 37.0 Å². The molecule has 0 unspecified atom stereocenters. The smallest absolute Gasteiger partial charge is 0.412 e. The van der Waals surface area contributed by atoms with Crippen molar-refractivity contribution in [2.75, 3.05) is 18.4 Å². The molecule has 0 atom stereocenters. The van der Waals surface area contributed by atoms with Crippen LogP contribution in [0.25, 0.3) is 0 Å². The van der Waals surface area contributed by atoms with Crippen LogP contribution in [0.5, 0.6) is 0 Å². The van der Waals surface area contributed by atoms with Crippen molar-refractivity contribution in [1.29, 1.82) is 0 Å². The fourth-order valence-corrected chi connectivity index (χ4v) is 3.99. The Morgan fingerprint density at radius 3 is 2.81 bits per heavy atom. The second kappa shape index (κ2) is 6.68. The highest BCUT2D eigenvalue weighted by molar-refractivity contribution is 5.84. The van der Waals surface area contributed by atoms with Gasteiger partial charge in [-0.05, 0) is 36.5 Å². The Labute approximate surface area is 155 Å². The number of oxazole rings is 1. The summed E-state index contributed by atoms with van der Waals surface area (Å²) in [5.41, 5.74) is 1.16. The zero-order chi connectivity index (χ0) is 19.0. The van der Waals surface area contributed by atoms with Gasteiger partial charge in [-0.2, -0.15) is 0 Å². The SMILES string of the molecule is CC(=O)N1CC2(CC(c3ccc(NC(=O)OCc4cnco4)cc3F)C2)C1. The number of amides is 2. The predicted octanol–water partition coefficient (Wildman–Crippen LogP) is 3.29. The summed E-state index contributed by atoms with van der Waals surface area (Å²) in [7, 11) is 0. The number of carbonyl (C=O) groups excluding carboxylic acids is 2. The van der Waals surface area contributed by atoms with Crippen molar-refractivity contribution in [2.24, 2.45) is 5.41 Å². The monoisotopic (exact) mass is 373 g/mol. The zero-order valence-corrected chi connectivity index (χ0v) is 14.9. The molecule has 0 bridgehead atoms. The first-order valence-electron chi connectivity index (χ1n) is 8.80. The Balaban J connectivity index is 1.29. The standard InChI is InChI=1S/C19H20FN3O4/c1-12(24)23-9-19(10-23)5-13(6-19)16-3-2-14(4-17(16)20)22-18(25)26-8-15-7-21-11-27-15/h2-4,7,11,13H,5-6,8-10H2,1H3,(H,22,25). The molecule has 4 rings (SSSR count). The Morgan fingerprint density at radius 2 is 2.19 bits per heavy atom. The van der Waals surface area contributed by atoms with Gasteiger partial charge in [0, 0.05) is 31.1 Å². The number of benzene rings is 1. The van der Waals surface area contributed by atoms with E-state index in [0.717, 1.165) is 25.9 Å². The van der Waals surface area contributed by atoms with Gasteiger partial charge in [0.1, 0.15) is 5.82 Å². The number of nitrogens with one attached hydrogen (secondary N) is 1. The molecule has 0 radical (unpaired) electrons. The lowest BCUT2D eigenvalue weighted by atomic mass is 9.56. The lowest BCUT2D eigenvalue weighted by Gasteiger charge is -2.59. The molecule has 1 N–H and O–H groups in total. The molecule has 1 aliphatic carbocycles. The number of carbonyl (C=O) groups is 2. The molecule has 1 aromatic carbocycles. The van der Waals surface area contributed by atoms with Crippen LogP contribution in [0.15, 0.2) is 35.2 Å². The maximum absolute atomic E-state index is 14.5. The summed E-state index contributed by atoms with van der Waals surface area (Å²) >= 11 is 0. The van der Waals surface area contributed by atoms with Gasteiger partial charge in [-0.25, -0.2) is 14.2 Å². The summed E-state index contributed by atoms with van der Waals surface area (Å²) in [6.07, 6.45) is 3.78. The van der Waals surface area contributed by atoms with Crippen LogP contribution in [0, 0.1) is 11.2 Å². The van der Waals surface area contributed by atoms with Gasteiger partial charge >= 0.3 is 6.09 Å². The van der Waals surface area contributed by atoms with E-state index in [-0.39, 0.29) is 29.7 Å². The second-order valence-electron chi connectivity index (χ2n) is 7.39. The van der Waals surface area contributed by atoms with Crippen molar-refractivity contribution in [1.82, 2.24) is 9.88 Å². The predicted molar refractivity (Wildman–Crippen MR) is 93.4 cm³/mol. The largest absolute Gasteiger partial charge is 0.445 e. The summed E-state index contributed by atoms with van der Waals surface area (Å²) < 4.78 is 24.4. The quantitative estimate of drug-likeness (QED) is 0.889. The Kier molecular flexibility index (Phi) is 4.33. The first kappa shape index (κ1) is 17.5. The van der Waals surface area contributed by atoms with E-state index in [0.29, 0.717) is 17.0 Å². The van der Waals surface area contributed by atoms with Crippen LogP contribution in [0.4, 0.5) is 14.9 Å². The normalized spacial score (nSPS) is 17.9. The van der Waals surface area contributed by atoms with Gasteiger partial charge in [0.25, 0.3) is 0 Å². The van der Waals surface area contributed by atoms with Crippen molar-refractivity contribution in [3.8, 4) is 0 Å². The third kappa shape index (κ3) is 3.51. The third-order valence-corrected chi connectivity index (χ3v) is 5.37. The van der Waals surface area contributed by atoms with E-state index in [1.165, 1.54) is 18.7 Å². The average molecular weight is 373 g/mol. The number of halogens is 1. The molecule has 2 fully saturated rings. The van der Waals surface area contributed by atoms with E-state index in [2.05, 4.69) is 10.3 Å². The number of hydrogen-bond acceptors (Lipinski definition) is 5. The number of rotatable bonds is 4. The molecule has 1 aromatic heterocycles. The van der Waals surface area contributed by atoms with Crippen LogP contribution < -0.4 is 5.32 Å². The molecule has 7 nitrogen and oxygen atoms in total. The first-order valence-corrected chi connectivity index (χ1v) is 8.80. The minimum atomic E-state index is -0.695. The second-order valence-corrected chi connectivity index (χ2v) is 7.39. The molecule has 2 aromatic rings. The molecule has 1 spiro atoms. The number of likely N-dealkylation sites (tertiary alicyclic amines) is 1. The Hall–Kier alpha value is -2.90. The molecule has 2 heterocycles. The highest BCUT2D eigenvalue weighted by Crippen LogP contribution is 2.56. The van der Waals surface area contributed by atoms with Crippen LogP contribution >= 0.6 is 0 Å². The lowest BCUT2D eigenvalue weighted by molar-refractivity contribution is -0.149. The van der Waals surface area contributed by atoms with Gasteiger partial charge in [0.15, 0.2) is 18.8 Å². The molecule has 2 aliphatic rings. The van der Waals surface area contributed by atoms with E-state index in [1.54, 1.807) is 19.1 Å². The van der Waals surface area contributed by atoms with Gasteiger partial charge in [0.2, 0.25) is 5.91 Å². The maximum Gasteiger partial charge on any atom is 0.412 e. The third-order valence-electron chi connectivity index (χ3n) is 5.37. The summed E-state index contributed by atoms with van der Waals surface area (Å²) in [6.45, 7) is 3.08. The fraction of sp³-hybridized carbons (Fsp3) is 0.421. The van der Waals surface area contributed by atoms with Crippen molar-refractivity contribution >= 4 is 17.7 Å². The van der Waals surface area contributed by atoms with Crippen molar-refractivity contribution in [3.05, 3.63) is 47.9 Å². The minimum Gasteiger partial charge on any atom is -0.445 e. The highest BCUT2D eigenvalue weighted by Gasteiger charge is 2.53. The molecular weight excluding hydrogens is 353 g/mol. The number of ether oxygens (including phenoxy) is 1. The van der Waals surface area contributed by atoms with E-state index >= 15 is 0 Å². The number of nitrogens with zero attached hydrogens (tertiary/aromatic N) is 2. The van der Waals surface area contributed by atoms with Crippen LogP contribution in [0.3, 0.4) is 0 Å². The molecular formula is C19H20FN3O4. The van der Waals surface area contributed by atoms with Crippen LogP contribution in [-0.4, -0.2) is 35.0 Å². The zero-order valence-electron chi connectivity index (χ0n) is 14.9. The average Bonchev–Trinajstić information content (AvgIpc) is 3.05.